The van der Waals surface area contributed by atoms with Crippen LogP contribution in [0.3, 0.4) is 0 Å². The van der Waals surface area contributed by atoms with Crippen molar-refractivity contribution in [1.29, 1.82) is 0 Å². The minimum absolute atomic E-state index is 0.694. The lowest BCUT2D eigenvalue weighted by Crippen LogP contribution is -2.45. The zero-order chi connectivity index (χ0) is 13.7. The second-order valence-electron chi connectivity index (χ2n) is 6.02. The van der Waals surface area contributed by atoms with Crippen molar-refractivity contribution in [3.63, 3.8) is 0 Å². The van der Waals surface area contributed by atoms with E-state index in [2.05, 4.69) is 49.2 Å². The van der Waals surface area contributed by atoms with Crippen LogP contribution in [0.2, 0.25) is 0 Å². The number of nitrogens with zero attached hydrogens (tertiary/aromatic N) is 1. The van der Waals surface area contributed by atoms with Crippen LogP contribution in [0.4, 0.5) is 0 Å². The predicted molar refractivity (Wildman–Crippen MR) is 82.5 cm³/mol. The Bertz CT molecular complexity index is 380. The maximum absolute atomic E-state index is 3.67. The summed E-state index contributed by atoms with van der Waals surface area (Å²) in [7, 11) is 0. The van der Waals surface area contributed by atoms with Gasteiger partial charge in [0.15, 0.2) is 0 Å². The molecule has 2 rings (SSSR count). The number of nitrogens with one attached hydrogen (secondary N) is 1. The van der Waals surface area contributed by atoms with Crippen molar-refractivity contribution < 1.29 is 0 Å². The molecule has 19 heavy (non-hydrogen) atoms. The summed E-state index contributed by atoms with van der Waals surface area (Å²) < 4.78 is 0. The third kappa shape index (κ3) is 4.63. The zero-order valence-electron chi connectivity index (χ0n) is 12.7. The van der Waals surface area contributed by atoms with Gasteiger partial charge in [-0.2, -0.15) is 0 Å². The molecule has 106 valence electrons. The molecular weight excluding hydrogens is 232 g/mol. The van der Waals surface area contributed by atoms with Gasteiger partial charge >= 0.3 is 0 Å². The van der Waals surface area contributed by atoms with E-state index in [1.807, 2.05) is 0 Å². The summed E-state index contributed by atoms with van der Waals surface area (Å²) in [6.45, 7) is 11.3. The Hall–Kier alpha value is -0.860. The van der Waals surface area contributed by atoms with Crippen molar-refractivity contribution in [1.82, 2.24) is 10.2 Å². The number of aryl methyl sites for hydroxylation is 2. The van der Waals surface area contributed by atoms with Crippen molar-refractivity contribution in [2.24, 2.45) is 0 Å². The average Bonchev–Trinajstić information content (AvgIpc) is 2.35. The summed E-state index contributed by atoms with van der Waals surface area (Å²) in [5.74, 6) is 0. The molecule has 2 heteroatoms. The van der Waals surface area contributed by atoms with E-state index in [0.717, 1.165) is 13.1 Å². The number of rotatable bonds is 5. The van der Waals surface area contributed by atoms with Crippen LogP contribution in [0.1, 0.15) is 42.9 Å². The van der Waals surface area contributed by atoms with E-state index in [9.17, 15) is 0 Å². The van der Waals surface area contributed by atoms with E-state index < -0.39 is 0 Å². The van der Waals surface area contributed by atoms with Gasteiger partial charge in [-0.25, -0.2) is 0 Å². The fraction of sp³-hybridized carbons (Fsp3) is 0.647. The van der Waals surface area contributed by atoms with E-state index in [1.54, 1.807) is 0 Å². The number of likely N-dealkylation sites (tertiary alicyclic amines) is 1. The Labute approximate surface area is 118 Å². The molecule has 1 aliphatic heterocycles. The van der Waals surface area contributed by atoms with Gasteiger partial charge in [-0.15, -0.1) is 0 Å². The van der Waals surface area contributed by atoms with Crippen LogP contribution in [0.25, 0.3) is 0 Å². The minimum Gasteiger partial charge on any atom is -0.313 e. The van der Waals surface area contributed by atoms with Crippen LogP contribution in [0.15, 0.2) is 18.2 Å². The maximum atomic E-state index is 3.67. The Balaban J connectivity index is 1.91. The van der Waals surface area contributed by atoms with Crippen molar-refractivity contribution in [3.8, 4) is 0 Å². The van der Waals surface area contributed by atoms with Gasteiger partial charge in [0.2, 0.25) is 0 Å². The lowest BCUT2D eigenvalue weighted by atomic mass is 10.0. The van der Waals surface area contributed by atoms with Crippen molar-refractivity contribution in [2.45, 2.75) is 52.6 Å². The van der Waals surface area contributed by atoms with Crippen LogP contribution in [-0.2, 0) is 6.54 Å². The Morgan fingerprint density at radius 1 is 1.21 bits per heavy atom. The summed E-state index contributed by atoms with van der Waals surface area (Å²) >= 11 is 0. The Morgan fingerprint density at radius 2 is 1.95 bits per heavy atom. The lowest BCUT2D eigenvalue weighted by Gasteiger charge is -2.33. The lowest BCUT2D eigenvalue weighted by molar-refractivity contribution is 0.183. The molecule has 0 amide bonds. The molecule has 1 saturated heterocycles. The van der Waals surface area contributed by atoms with Gasteiger partial charge in [-0.05, 0) is 51.8 Å². The first-order chi connectivity index (χ1) is 9.17. The van der Waals surface area contributed by atoms with E-state index in [4.69, 9.17) is 0 Å². The smallest absolute Gasteiger partial charge is 0.0234 e. The highest BCUT2D eigenvalue weighted by Crippen LogP contribution is 2.16. The summed E-state index contributed by atoms with van der Waals surface area (Å²) in [6.07, 6.45) is 3.89. The topological polar surface area (TPSA) is 15.3 Å². The first-order valence-electron chi connectivity index (χ1n) is 7.70. The molecule has 0 spiro atoms. The number of hydrogen-bond acceptors (Lipinski definition) is 2. The van der Waals surface area contributed by atoms with Gasteiger partial charge in [-0.1, -0.05) is 36.2 Å². The molecule has 1 N–H and O–H groups in total. The normalized spacial score (nSPS) is 20.7. The molecule has 0 aromatic heterocycles. The second-order valence-corrected chi connectivity index (χ2v) is 6.02. The van der Waals surface area contributed by atoms with E-state index in [-0.39, 0.29) is 0 Å². The molecule has 1 atom stereocenters. The van der Waals surface area contributed by atoms with Crippen LogP contribution >= 0.6 is 0 Å². The Morgan fingerprint density at radius 3 is 2.63 bits per heavy atom. The molecule has 0 bridgehead atoms. The molecule has 1 aliphatic rings. The molecule has 1 unspecified atom stereocenters. The average molecular weight is 260 g/mol. The molecule has 1 heterocycles. The van der Waals surface area contributed by atoms with Crippen molar-refractivity contribution in [2.75, 3.05) is 19.6 Å². The molecular formula is C17H28N2. The second kappa shape index (κ2) is 7.06. The highest BCUT2D eigenvalue weighted by Gasteiger charge is 2.19. The highest BCUT2D eigenvalue weighted by molar-refractivity contribution is 5.28. The highest BCUT2D eigenvalue weighted by atomic mass is 15.2. The Kier molecular flexibility index (Phi) is 5.41. The quantitative estimate of drug-likeness (QED) is 0.874. The summed E-state index contributed by atoms with van der Waals surface area (Å²) in [6, 6.07) is 7.61. The minimum atomic E-state index is 0.694. The standard InChI is InChI=1S/C17H28N2/c1-4-7-18-17-6-5-8-19(13-17)12-16-10-14(2)9-15(3)11-16/h9-11,17-18H,4-8,12-13H2,1-3H3. The maximum Gasteiger partial charge on any atom is 0.0234 e. The monoisotopic (exact) mass is 260 g/mol. The zero-order valence-corrected chi connectivity index (χ0v) is 12.7. The van der Waals surface area contributed by atoms with Gasteiger partial charge in [0.25, 0.3) is 0 Å². The first kappa shape index (κ1) is 14.5. The molecule has 2 nitrogen and oxygen atoms in total. The first-order valence-corrected chi connectivity index (χ1v) is 7.70. The molecule has 1 aromatic rings. The molecule has 0 aliphatic carbocycles. The van der Waals surface area contributed by atoms with Crippen molar-refractivity contribution >= 4 is 0 Å². The predicted octanol–water partition coefficient (Wildman–Crippen LogP) is 3.27. The number of hydrogen-bond donors (Lipinski definition) is 1. The van der Waals surface area contributed by atoms with Crippen LogP contribution in [0, 0.1) is 13.8 Å². The van der Waals surface area contributed by atoms with Crippen molar-refractivity contribution in [3.05, 3.63) is 34.9 Å². The fourth-order valence-corrected chi connectivity index (χ4v) is 3.13. The van der Waals surface area contributed by atoms with E-state index in [1.165, 1.54) is 49.0 Å². The fourth-order valence-electron chi connectivity index (χ4n) is 3.13. The third-order valence-electron chi connectivity index (χ3n) is 3.88. The molecule has 0 saturated carbocycles. The van der Waals surface area contributed by atoms with Crippen LogP contribution < -0.4 is 5.32 Å². The van der Waals surface area contributed by atoms with Gasteiger partial charge in [0, 0.05) is 19.1 Å². The number of piperidine rings is 1. The van der Waals surface area contributed by atoms with Crippen LogP contribution in [0.5, 0.6) is 0 Å². The molecule has 1 fully saturated rings. The molecule has 1 aromatic carbocycles. The van der Waals surface area contributed by atoms with Gasteiger partial charge in [0.1, 0.15) is 0 Å². The largest absolute Gasteiger partial charge is 0.313 e. The SMILES string of the molecule is CCCNC1CCCN(Cc2cc(C)cc(C)c2)C1. The van der Waals surface area contributed by atoms with E-state index >= 15 is 0 Å². The van der Waals surface area contributed by atoms with Gasteiger partial charge < -0.3 is 5.32 Å². The van der Waals surface area contributed by atoms with Gasteiger partial charge in [-0.3, -0.25) is 4.90 Å². The van der Waals surface area contributed by atoms with Gasteiger partial charge in [0.05, 0.1) is 0 Å². The summed E-state index contributed by atoms with van der Waals surface area (Å²) in [4.78, 5) is 2.60. The third-order valence-corrected chi connectivity index (χ3v) is 3.88. The summed E-state index contributed by atoms with van der Waals surface area (Å²) in [5, 5.41) is 3.67. The summed E-state index contributed by atoms with van der Waals surface area (Å²) in [5.41, 5.74) is 4.23. The van der Waals surface area contributed by atoms with Crippen LogP contribution in [-0.4, -0.2) is 30.6 Å². The number of benzene rings is 1. The molecule has 0 radical (unpaired) electrons. The van der Waals surface area contributed by atoms with E-state index in [0.29, 0.717) is 6.04 Å².